The Kier molecular flexibility index (Phi) is 6.41. The van der Waals surface area contributed by atoms with E-state index in [1.54, 1.807) is 19.2 Å². The molecular weight excluding hydrogens is 414 g/mol. The van der Waals surface area contributed by atoms with E-state index in [2.05, 4.69) is 15.0 Å². The van der Waals surface area contributed by atoms with Crippen LogP contribution >= 0.6 is 0 Å². The van der Waals surface area contributed by atoms with Crippen molar-refractivity contribution in [2.45, 2.75) is 13.0 Å². The standard InChI is InChI=1S/C22H23N5O5/c1-31-19-4-2-3-16(13-19)14-21(28)26-11-9-25(10-12-26)15-20-23-22(24-32-20)17-5-7-18(8-6-17)27(29)30/h2-8,13H,9-12,14-15H2,1H3. The predicted molar refractivity (Wildman–Crippen MR) is 115 cm³/mol. The molecule has 0 unspecified atom stereocenters. The quantitative estimate of drug-likeness (QED) is 0.409. The van der Waals surface area contributed by atoms with Crippen LogP contribution in [0, 0.1) is 10.1 Å². The third kappa shape index (κ3) is 5.09. The van der Waals surface area contributed by atoms with Crippen LogP contribution in [0.3, 0.4) is 0 Å². The molecule has 0 bridgehead atoms. The van der Waals surface area contributed by atoms with E-state index in [0.717, 1.165) is 11.3 Å². The summed E-state index contributed by atoms with van der Waals surface area (Å²) in [7, 11) is 1.61. The molecule has 1 saturated heterocycles. The summed E-state index contributed by atoms with van der Waals surface area (Å²) >= 11 is 0. The Morgan fingerprint density at radius 2 is 1.91 bits per heavy atom. The average Bonchev–Trinajstić information content (AvgIpc) is 3.28. The number of nitro benzene ring substituents is 1. The van der Waals surface area contributed by atoms with E-state index in [9.17, 15) is 14.9 Å². The second kappa shape index (κ2) is 9.56. The van der Waals surface area contributed by atoms with Crippen molar-refractivity contribution >= 4 is 11.6 Å². The highest BCUT2D eigenvalue weighted by molar-refractivity contribution is 5.79. The molecule has 1 aliphatic heterocycles. The number of carbonyl (C=O) groups excluding carboxylic acids is 1. The summed E-state index contributed by atoms with van der Waals surface area (Å²) in [6.45, 7) is 3.16. The number of rotatable bonds is 7. The van der Waals surface area contributed by atoms with Crippen LogP contribution in [0.5, 0.6) is 5.75 Å². The van der Waals surface area contributed by atoms with Gasteiger partial charge in [-0.15, -0.1) is 0 Å². The fraction of sp³-hybridized carbons (Fsp3) is 0.318. The van der Waals surface area contributed by atoms with Gasteiger partial charge in [0.2, 0.25) is 17.6 Å². The fourth-order valence-corrected chi connectivity index (χ4v) is 3.58. The maximum Gasteiger partial charge on any atom is 0.269 e. The number of hydrogen-bond donors (Lipinski definition) is 0. The molecule has 2 heterocycles. The molecule has 4 rings (SSSR count). The van der Waals surface area contributed by atoms with Gasteiger partial charge in [0.05, 0.1) is 25.0 Å². The van der Waals surface area contributed by atoms with Crippen molar-refractivity contribution in [1.29, 1.82) is 0 Å². The van der Waals surface area contributed by atoms with Crippen LogP contribution in [0.25, 0.3) is 11.4 Å². The van der Waals surface area contributed by atoms with Crippen molar-refractivity contribution in [3.63, 3.8) is 0 Å². The Hall–Kier alpha value is -3.79. The Morgan fingerprint density at radius 3 is 2.59 bits per heavy atom. The molecule has 2 aromatic carbocycles. The molecule has 32 heavy (non-hydrogen) atoms. The number of carbonyl (C=O) groups is 1. The highest BCUT2D eigenvalue weighted by atomic mass is 16.6. The zero-order chi connectivity index (χ0) is 22.5. The molecule has 0 atom stereocenters. The fourth-order valence-electron chi connectivity index (χ4n) is 3.58. The first-order valence-corrected chi connectivity index (χ1v) is 10.2. The van der Waals surface area contributed by atoms with Gasteiger partial charge in [-0.05, 0) is 29.8 Å². The second-order valence-electron chi connectivity index (χ2n) is 7.50. The van der Waals surface area contributed by atoms with Crippen molar-refractivity contribution in [2.75, 3.05) is 33.3 Å². The lowest BCUT2D eigenvalue weighted by Gasteiger charge is -2.34. The highest BCUT2D eigenvalue weighted by Gasteiger charge is 2.23. The van der Waals surface area contributed by atoms with Gasteiger partial charge in [0, 0.05) is 43.9 Å². The largest absolute Gasteiger partial charge is 0.497 e. The van der Waals surface area contributed by atoms with Crippen molar-refractivity contribution in [3.05, 3.63) is 70.1 Å². The summed E-state index contributed by atoms with van der Waals surface area (Å²) in [6.07, 6.45) is 0.347. The number of amides is 1. The van der Waals surface area contributed by atoms with Crippen LogP contribution in [-0.2, 0) is 17.8 Å². The van der Waals surface area contributed by atoms with Gasteiger partial charge < -0.3 is 14.2 Å². The smallest absolute Gasteiger partial charge is 0.269 e. The molecule has 1 fully saturated rings. The summed E-state index contributed by atoms with van der Waals surface area (Å²) in [5.74, 6) is 1.69. The van der Waals surface area contributed by atoms with Crippen LogP contribution in [0.4, 0.5) is 5.69 Å². The molecule has 1 aromatic heterocycles. The first-order chi connectivity index (χ1) is 15.5. The van der Waals surface area contributed by atoms with Crippen LogP contribution in [-0.4, -0.2) is 64.1 Å². The zero-order valence-electron chi connectivity index (χ0n) is 17.6. The summed E-state index contributed by atoms with van der Waals surface area (Å²) < 4.78 is 10.6. The maximum absolute atomic E-state index is 12.6. The van der Waals surface area contributed by atoms with E-state index >= 15 is 0 Å². The lowest BCUT2D eigenvalue weighted by atomic mass is 10.1. The normalized spacial score (nSPS) is 14.3. The summed E-state index contributed by atoms with van der Waals surface area (Å²) in [6, 6.07) is 13.6. The second-order valence-corrected chi connectivity index (χ2v) is 7.50. The Bertz CT molecular complexity index is 1090. The van der Waals surface area contributed by atoms with E-state index in [1.165, 1.54) is 12.1 Å². The molecule has 10 nitrogen and oxygen atoms in total. The lowest BCUT2D eigenvalue weighted by molar-refractivity contribution is -0.384. The van der Waals surface area contributed by atoms with Gasteiger partial charge in [0.25, 0.3) is 5.69 Å². The molecule has 10 heteroatoms. The number of nitrogens with zero attached hydrogens (tertiary/aromatic N) is 5. The SMILES string of the molecule is COc1cccc(CC(=O)N2CCN(Cc3nc(-c4ccc([N+](=O)[O-])cc4)no3)CC2)c1. The van der Waals surface area contributed by atoms with Gasteiger partial charge in [-0.3, -0.25) is 19.8 Å². The molecule has 0 saturated carbocycles. The highest BCUT2D eigenvalue weighted by Crippen LogP contribution is 2.20. The molecule has 166 valence electrons. The Morgan fingerprint density at radius 1 is 1.16 bits per heavy atom. The van der Waals surface area contributed by atoms with Crippen LogP contribution in [0.1, 0.15) is 11.5 Å². The molecule has 1 aliphatic rings. The number of methoxy groups -OCH3 is 1. The monoisotopic (exact) mass is 437 g/mol. The van der Waals surface area contributed by atoms with Gasteiger partial charge in [0.15, 0.2) is 0 Å². The Balaban J connectivity index is 1.28. The topological polar surface area (TPSA) is 115 Å². The molecule has 0 N–H and O–H groups in total. The molecule has 1 amide bonds. The molecule has 0 radical (unpaired) electrons. The first-order valence-electron chi connectivity index (χ1n) is 10.2. The number of nitro groups is 1. The maximum atomic E-state index is 12.6. The number of non-ortho nitro benzene ring substituents is 1. The van der Waals surface area contributed by atoms with Crippen molar-refractivity contribution in [3.8, 4) is 17.1 Å². The summed E-state index contributed by atoms with van der Waals surface area (Å²) in [5, 5.41) is 14.8. The van der Waals surface area contributed by atoms with Gasteiger partial charge in [0.1, 0.15) is 5.75 Å². The zero-order valence-corrected chi connectivity index (χ0v) is 17.6. The minimum absolute atomic E-state index is 0.0105. The van der Waals surface area contributed by atoms with E-state index < -0.39 is 4.92 Å². The summed E-state index contributed by atoms with van der Waals surface area (Å²) in [4.78, 5) is 31.4. The van der Waals surface area contributed by atoms with E-state index in [1.807, 2.05) is 29.2 Å². The number of piperazine rings is 1. The van der Waals surface area contributed by atoms with Crippen LogP contribution < -0.4 is 4.74 Å². The van der Waals surface area contributed by atoms with Crippen molar-refractivity contribution < 1.29 is 19.0 Å². The average molecular weight is 437 g/mol. The lowest BCUT2D eigenvalue weighted by Crippen LogP contribution is -2.48. The summed E-state index contributed by atoms with van der Waals surface area (Å²) in [5.41, 5.74) is 1.59. The third-order valence-corrected chi connectivity index (χ3v) is 5.38. The van der Waals surface area contributed by atoms with E-state index in [-0.39, 0.29) is 11.6 Å². The molecular formula is C22H23N5O5. The van der Waals surface area contributed by atoms with Gasteiger partial charge in [-0.2, -0.15) is 4.98 Å². The minimum atomic E-state index is -0.452. The van der Waals surface area contributed by atoms with Crippen LogP contribution in [0.2, 0.25) is 0 Å². The van der Waals surface area contributed by atoms with Gasteiger partial charge >= 0.3 is 0 Å². The predicted octanol–water partition coefficient (Wildman–Crippen LogP) is 2.54. The Labute approximate surface area is 184 Å². The molecule has 0 spiro atoms. The van der Waals surface area contributed by atoms with Gasteiger partial charge in [-0.1, -0.05) is 17.3 Å². The van der Waals surface area contributed by atoms with E-state index in [4.69, 9.17) is 9.26 Å². The number of hydrogen-bond acceptors (Lipinski definition) is 8. The molecule has 3 aromatic rings. The number of ether oxygens (including phenoxy) is 1. The molecule has 0 aliphatic carbocycles. The number of aromatic nitrogens is 2. The van der Waals surface area contributed by atoms with Crippen LogP contribution in [0.15, 0.2) is 53.1 Å². The number of benzene rings is 2. The third-order valence-electron chi connectivity index (χ3n) is 5.38. The van der Waals surface area contributed by atoms with Crippen molar-refractivity contribution in [1.82, 2.24) is 19.9 Å². The first kappa shape index (κ1) is 21.4. The van der Waals surface area contributed by atoms with Gasteiger partial charge in [-0.25, -0.2) is 0 Å². The van der Waals surface area contributed by atoms with E-state index in [0.29, 0.717) is 56.4 Å². The minimum Gasteiger partial charge on any atom is -0.497 e. The van der Waals surface area contributed by atoms with Crippen molar-refractivity contribution in [2.24, 2.45) is 0 Å².